The van der Waals surface area contributed by atoms with Crippen LogP contribution in [0.4, 0.5) is 0 Å². The molecule has 0 fully saturated rings. The average Bonchev–Trinajstić information content (AvgIpc) is 2.65. The largest absolute Gasteiger partial charge is 0.497 e. The molecule has 0 radical (unpaired) electrons. The Morgan fingerprint density at radius 1 is 0.917 bits per heavy atom. The van der Waals surface area contributed by atoms with Gasteiger partial charge in [-0.2, -0.15) is 5.26 Å². The molecule has 0 spiro atoms. The van der Waals surface area contributed by atoms with E-state index in [4.69, 9.17) is 14.2 Å². The Morgan fingerprint density at radius 3 is 1.92 bits per heavy atom. The summed E-state index contributed by atoms with van der Waals surface area (Å²) < 4.78 is 15.4. The second-order valence-electron chi connectivity index (χ2n) is 4.87. The summed E-state index contributed by atoms with van der Waals surface area (Å²) in [6.07, 6.45) is 1.51. The molecule has 5 nitrogen and oxygen atoms in total. The number of ketones is 1. The highest BCUT2D eigenvalue weighted by Gasteiger charge is 2.13. The van der Waals surface area contributed by atoms with Gasteiger partial charge in [0.15, 0.2) is 0 Å². The minimum absolute atomic E-state index is 0.0236. The summed E-state index contributed by atoms with van der Waals surface area (Å²) in [7, 11) is 4.62. The summed E-state index contributed by atoms with van der Waals surface area (Å²) in [6.45, 7) is 0. The number of rotatable bonds is 6. The lowest BCUT2D eigenvalue weighted by Crippen LogP contribution is -2.02. The number of allylic oxidation sites excluding steroid dienone is 1. The lowest BCUT2D eigenvalue weighted by Gasteiger charge is -2.06. The maximum absolute atomic E-state index is 12.5. The summed E-state index contributed by atoms with van der Waals surface area (Å²) in [6, 6.07) is 13.7. The first-order chi connectivity index (χ1) is 11.6. The van der Waals surface area contributed by atoms with Gasteiger partial charge in [-0.25, -0.2) is 0 Å². The quantitative estimate of drug-likeness (QED) is 0.462. The zero-order valence-corrected chi connectivity index (χ0v) is 13.7. The van der Waals surface area contributed by atoms with Gasteiger partial charge in [-0.15, -0.1) is 0 Å². The molecular weight excluding hydrogens is 306 g/mol. The Morgan fingerprint density at radius 2 is 1.46 bits per heavy atom. The molecule has 5 heteroatoms. The number of benzene rings is 2. The zero-order chi connectivity index (χ0) is 17.5. The van der Waals surface area contributed by atoms with Crippen LogP contribution < -0.4 is 14.2 Å². The van der Waals surface area contributed by atoms with Crippen molar-refractivity contribution in [2.24, 2.45) is 0 Å². The Kier molecular flexibility index (Phi) is 5.58. The van der Waals surface area contributed by atoms with E-state index in [1.807, 2.05) is 6.07 Å². The number of nitriles is 1. The van der Waals surface area contributed by atoms with Crippen LogP contribution in [0.3, 0.4) is 0 Å². The molecule has 0 heterocycles. The third-order valence-corrected chi connectivity index (χ3v) is 3.40. The highest BCUT2D eigenvalue weighted by atomic mass is 16.5. The van der Waals surface area contributed by atoms with E-state index in [1.165, 1.54) is 20.3 Å². The number of nitrogens with zero attached hydrogens (tertiary/aromatic N) is 1. The van der Waals surface area contributed by atoms with Crippen LogP contribution in [-0.4, -0.2) is 27.1 Å². The summed E-state index contributed by atoms with van der Waals surface area (Å²) in [5, 5.41) is 9.35. The van der Waals surface area contributed by atoms with E-state index in [1.54, 1.807) is 49.6 Å². The van der Waals surface area contributed by atoms with Crippen LogP contribution in [0.25, 0.3) is 6.08 Å². The van der Waals surface area contributed by atoms with Crippen molar-refractivity contribution < 1.29 is 19.0 Å². The molecule has 0 saturated carbocycles. The molecule has 0 amide bonds. The Balaban J connectivity index is 2.37. The number of methoxy groups -OCH3 is 3. The van der Waals surface area contributed by atoms with E-state index in [2.05, 4.69) is 0 Å². The number of ether oxygens (including phenoxy) is 3. The third kappa shape index (κ3) is 3.93. The summed E-state index contributed by atoms with van der Waals surface area (Å²) in [4.78, 5) is 12.5. The Labute approximate surface area is 140 Å². The van der Waals surface area contributed by atoms with Gasteiger partial charge in [-0.3, -0.25) is 4.79 Å². The Hall–Kier alpha value is -3.26. The molecule has 0 unspecified atom stereocenters. The lowest BCUT2D eigenvalue weighted by atomic mass is 10.0. The highest BCUT2D eigenvalue weighted by Crippen LogP contribution is 2.24. The van der Waals surface area contributed by atoms with Crippen molar-refractivity contribution in [1.82, 2.24) is 0 Å². The third-order valence-electron chi connectivity index (χ3n) is 3.40. The number of hydrogen-bond donors (Lipinski definition) is 0. The van der Waals surface area contributed by atoms with Gasteiger partial charge in [-0.05, 0) is 48.0 Å². The fourth-order valence-corrected chi connectivity index (χ4v) is 2.13. The molecule has 0 atom stereocenters. The monoisotopic (exact) mass is 323 g/mol. The molecule has 122 valence electrons. The van der Waals surface area contributed by atoms with E-state index in [0.717, 1.165) is 0 Å². The molecule has 0 aromatic heterocycles. The fraction of sp³-hybridized carbons (Fsp3) is 0.158. The van der Waals surface area contributed by atoms with Crippen molar-refractivity contribution in [3.63, 3.8) is 0 Å². The standard InChI is InChI=1S/C19H17NO4/c1-22-16-6-4-14(5-7-16)19(21)15(12-20)8-13-9-17(23-2)11-18(10-13)24-3/h4-11H,1-3H3/b15-8-. The molecular formula is C19H17NO4. The molecule has 0 aliphatic carbocycles. The lowest BCUT2D eigenvalue weighted by molar-refractivity contribution is 0.104. The van der Waals surface area contributed by atoms with E-state index in [-0.39, 0.29) is 11.4 Å². The molecule has 2 rings (SSSR count). The fourth-order valence-electron chi connectivity index (χ4n) is 2.13. The van der Waals surface area contributed by atoms with E-state index in [9.17, 15) is 10.1 Å². The van der Waals surface area contributed by atoms with Crippen molar-refractivity contribution in [2.75, 3.05) is 21.3 Å². The number of carbonyl (C=O) groups excluding carboxylic acids is 1. The van der Waals surface area contributed by atoms with Crippen molar-refractivity contribution in [2.45, 2.75) is 0 Å². The molecule has 24 heavy (non-hydrogen) atoms. The first-order valence-electron chi connectivity index (χ1n) is 7.15. The average molecular weight is 323 g/mol. The second-order valence-corrected chi connectivity index (χ2v) is 4.87. The van der Waals surface area contributed by atoms with E-state index < -0.39 is 0 Å². The van der Waals surface area contributed by atoms with Crippen LogP contribution in [0.1, 0.15) is 15.9 Å². The minimum atomic E-state index is -0.359. The van der Waals surface area contributed by atoms with Gasteiger partial charge in [0.1, 0.15) is 28.9 Å². The van der Waals surface area contributed by atoms with Gasteiger partial charge in [0.25, 0.3) is 0 Å². The van der Waals surface area contributed by atoms with Gasteiger partial charge in [0, 0.05) is 11.6 Å². The van der Waals surface area contributed by atoms with E-state index in [0.29, 0.717) is 28.4 Å². The maximum Gasteiger partial charge on any atom is 0.203 e. The molecule has 2 aromatic carbocycles. The molecule has 2 aromatic rings. The first kappa shape index (κ1) is 17.1. The van der Waals surface area contributed by atoms with Crippen molar-refractivity contribution >= 4 is 11.9 Å². The van der Waals surface area contributed by atoms with Crippen molar-refractivity contribution in [3.05, 3.63) is 59.2 Å². The second kappa shape index (κ2) is 7.84. The molecule has 0 aliphatic heterocycles. The summed E-state index contributed by atoms with van der Waals surface area (Å²) >= 11 is 0. The van der Waals surface area contributed by atoms with Gasteiger partial charge in [0.2, 0.25) is 5.78 Å². The van der Waals surface area contributed by atoms with Crippen molar-refractivity contribution in [1.29, 1.82) is 5.26 Å². The Bertz CT molecular complexity index is 779. The topological polar surface area (TPSA) is 68.6 Å². The normalized spacial score (nSPS) is 10.7. The van der Waals surface area contributed by atoms with Crippen LogP contribution in [-0.2, 0) is 0 Å². The van der Waals surface area contributed by atoms with Crippen LogP contribution in [0, 0.1) is 11.3 Å². The zero-order valence-electron chi connectivity index (χ0n) is 13.7. The van der Waals surface area contributed by atoms with Crippen LogP contribution in [0.15, 0.2) is 48.0 Å². The minimum Gasteiger partial charge on any atom is -0.497 e. The molecule has 0 bridgehead atoms. The highest BCUT2D eigenvalue weighted by molar-refractivity contribution is 6.14. The van der Waals surface area contributed by atoms with E-state index >= 15 is 0 Å². The molecule has 0 aliphatic rings. The molecule has 0 saturated heterocycles. The van der Waals surface area contributed by atoms with Gasteiger partial charge < -0.3 is 14.2 Å². The first-order valence-corrected chi connectivity index (χ1v) is 7.15. The number of Topliss-reactive ketones (excluding diaryl/α,β-unsaturated/α-hetero) is 1. The van der Waals surface area contributed by atoms with Crippen LogP contribution in [0.5, 0.6) is 17.2 Å². The maximum atomic E-state index is 12.5. The number of carbonyl (C=O) groups is 1. The van der Waals surface area contributed by atoms with Crippen LogP contribution >= 0.6 is 0 Å². The van der Waals surface area contributed by atoms with Gasteiger partial charge >= 0.3 is 0 Å². The van der Waals surface area contributed by atoms with Crippen molar-refractivity contribution in [3.8, 4) is 23.3 Å². The van der Waals surface area contributed by atoms with Gasteiger partial charge in [-0.1, -0.05) is 0 Å². The predicted molar refractivity (Wildman–Crippen MR) is 90.5 cm³/mol. The summed E-state index contributed by atoms with van der Waals surface area (Å²) in [5.74, 6) is 1.44. The summed E-state index contributed by atoms with van der Waals surface area (Å²) in [5.41, 5.74) is 1.08. The van der Waals surface area contributed by atoms with Crippen LogP contribution in [0.2, 0.25) is 0 Å². The predicted octanol–water partition coefficient (Wildman–Crippen LogP) is 3.50. The molecule has 0 N–H and O–H groups in total. The number of hydrogen-bond acceptors (Lipinski definition) is 5. The smallest absolute Gasteiger partial charge is 0.203 e. The SMILES string of the molecule is COc1ccc(C(=O)/C(C#N)=C\c2cc(OC)cc(OC)c2)cc1. The van der Waals surface area contributed by atoms with Gasteiger partial charge in [0.05, 0.1) is 21.3 Å².